The average Bonchev–Trinajstić information content (AvgIpc) is 2.90. The highest BCUT2D eigenvalue weighted by atomic mass is 32.1. The Morgan fingerprint density at radius 2 is 1.85 bits per heavy atom. The maximum absolute atomic E-state index is 14.4. The predicted octanol–water partition coefficient (Wildman–Crippen LogP) is 4.47. The molecule has 3 nitrogen and oxygen atoms in total. The van der Waals surface area contributed by atoms with Crippen molar-refractivity contribution >= 4 is 11.5 Å². The molecule has 2 aromatic rings. The number of nitrogens with zero attached hydrogens (tertiary/aromatic N) is 2. The molecule has 10 heteroatoms. The minimum absolute atomic E-state index is 0.0318. The zero-order valence-corrected chi connectivity index (χ0v) is 14.0. The van der Waals surface area contributed by atoms with Gasteiger partial charge in [-0.3, -0.25) is 0 Å². The zero-order chi connectivity index (χ0) is 18.7. The van der Waals surface area contributed by atoms with Gasteiger partial charge in [0.25, 0.3) is 5.92 Å². The quantitative estimate of drug-likeness (QED) is 0.766. The molecule has 1 aromatic heterocycles. The Morgan fingerprint density at radius 3 is 2.50 bits per heavy atom. The lowest BCUT2D eigenvalue weighted by molar-refractivity contribution is -0.137. The van der Waals surface area contributed by atoms with E-state index in [4.69, 9.17) is 0 Å². The van der Waals surface area contributed by atoms with Crippen LogP contribution in [0.15, 0.2) is 18.2 Å². The molecule has 2 heterocycles. The van der Waals surface area contributed by atoms with Crippen LogP contribution in [0.5, 0.6) is 0 Å². The lowest BCUT2D eigenvalue weighted by atomic mass is 9.91. The smallest absolute Gasteiger partial charge is 0.317 e. The van der Waals surface area contributed by atoms with Gasteiger partial charge < -0.3 is 5.32 Å². The summed E-state index contributed by atoms with van der Waals surface area (Å²) in [7, 11) is 0. The number of alkyl halides is 5. The van der Waals surface area contributed by atoms with Crippen molar-refractivity contribution in [1.82, 2.24) is 14.7 Å². The maximum Gasteiger partial charge on any atom is 0.417 e. The largest absolute Gasteiger partial charge is 0.417 e. The highest BCUT2D eigenvalue weighted by molar-refractivity contribution is 7.05. The van der Waals surface area contributed by atoms with Gasteiger partial charge in [0.2, 0.25) is 0 Å². The van der Waals surface area contributed by atoms with Crippen LogP contribution in [0, 0.1) is 11.2 Å². The maximum atomic E-state index is 14.4. The molecule has 0 radical (unpaired) electrons. The highest BCUT2D eigenvalue weighted by Crippen LogP contribution is 2.75. The molecule has 4 rings (SSSR count). The van der Waals surface area contributed by atoms with Crippen LogP contribution in [-0.4, -0.2) is 28.4 Å². The Kier molecular flexibility index (Phi) is 3.85. The second-order valence-corrected chi connectivity index (χ2v) is 7.39. The van der Waals surface area contributed by atoms with Crippen LogP contribution < -0.4 is 5.32 Å². The van der Waals surface area contributed by atoms with E-state index in [-0.39, 0.29) is 23.7 Å². The molecule has 2 fully saturated rings. The van der Waals surface area contributed by atoms with Crippen molar-refractivity contribution in [2.24, 2.45) is 5.41 Å². The molecule has 1 N–H and O–H groups in total. The van der Waals surface area contributed by atoms with Crippen LogP contribution in [-0.2, 0) is 6.18 Å². The summed E-state index contributed by atoms with van der Waals surface area (Å²) in [5.74, 6) is -5.41. The molecule has 2 aliphatic rings. The van der Waals surface area contributed by atoms with Crippen molar-refractivity contribution in [2.75, 3.05) is 13.1 Å². The van der Waals surface area contributed by atoms with E-state index in [0.29, 0.717) is 30.7 Å². The van der Waals surface area contributed by atoms with Gasteiger partial charge in [-0.2, -0.15) is 17.5 Å². The van der Waals surface area contributed by atoms with Crippen LogP contribution >= 0.6 is 11.5 Å². The number of hydrogen-bond donors (Lipinski definition) is 1. The Balaban J connectivity index is 1.70. The van der Waals surface area contributed by atoms with E-state index < -0.39 is 40.4 Å². The summed E-state index contributed by atoms with van der Waals surface area (Å²) < 4.78 is 85.4. The molecule has 140 valence electrons. The monoisotopic (exact) mass is 393 g/mol. The van der Waals surface area contributed by atoms with Gasteiger partial charge >= 0.3 is 6.18 Å². The fourth-order valence-corrected chi connectivity index (χ4v) is 4.73. The van der Waals surface area contributed by atoms with Crippen molar-refractivity contribution in [3.63, 3.8) is 0 Å². The summed E-state index contributed by atoms with van der Waals surface area (Å²) >= 11 is 0.686. The van der Waals surface area contributed by atoms with Gasteiger partial charge in [0.15, 0.2) is 5.82 Å². The van der Waals surface area contributed by atoms with Crippen molar-refractivity contribution in [1.29, 1.82) is 0 Å². The summed E-state index contributed by atoms with van der Waals surface area (Å²) in [6.07, 6.45) is -4.24. The van der Waals surface area contributed by atoms with Crippen molar-refractivity contribution < 1.29 is 26.3 Å². The van der Waals surface area contributed by atoms with Crippen LogP contribution in [0.25, 0.3) is 11.4 Å². The first-order valence-corrected chi connectivity index (χ1v) is 8.73. The van der Waals surface area contributed by atoms with Crippen LogP contribution in [0.4, 0.5) is 26.3 Å². The summed E-state index contributed by atoms with van der Waals surface area (Å²) in [6.45, 7) is 0.932. The van der Waals surface area contributed by atoms with Crippen LogP contribution in [0.3, 0.4) is 0 Å². The Bertz CT molecular complexity index is 841. The topological polar surface area (TPSA) is 37.8 Å². The number of halogens is 6. The molecule has 0 amide bonds. The number of nitrogens with one attached hydrogen (secondary N) is 1. The normalized spacial score (nSPS) is 24.0. The first kappa shape index (κ1) is 17.7. The molecule has 1 aliphatic heterocycles. The van der Waals surface area contributed by atoms with Gasteiger partial charge in [-0.1, -0.05) is 0 Å². The number of piperidine rings is 1. The van der Waals surface area contributed by atoms with Crippen molar-refractivity contribution in [2.45, 2.75) is 30.9 Å². The Labute approximate surface area is 148 Å². The van der Waals surface area contributed by atoms with Gasteiger partial charge in [0.05, 0.1) is 16.9 Å². The minimum atomic E-state index is -4.80. The zero-order valence-electron chi connectivity index (χ0n) is 13.2. The molecule has 26 heavy (non-hydrogen) atoms. The van der Waals surface area contributed by atoms with E-state index in [0.717, 1.165) is 12.1 Å². The predicted molar refractivity (Wildman–Crippen MR) is 82.5 cm³/mol. The molecule has 1 atom stereocenters. The second-order valence-electron chi connectivity index (χ2n) is 6.61. The molecular weight excluding hydrogens is 380 g/mol. The minimum Gasteiger partial charge on any atom is -0.317 e. The third-order valence-corrected chi connectivity index (χ3v) is 5.99. The molecule has 1 aromatic carbocycles. The number of aromatic nitrogens is 2. The fraction of sp³-hybridized carbons (Fsp3) is 0.500. The number of benzene rings is 1. The molecule has 0 bridgehead atoms. The molecule has 1 aliphatic carbocycles. The van der Waals surface area contributed by atoms with Crippen molar-refractivity contribution in [3.05, 3.63) is 34.6 Å². The van der Waals surface area contributed by atoms with Gasteiger partial charge in [-0.15, -0.1) is 0 Å². The standard InChI is InChI=1S/C16H13F6N3S/c17-8-1-2-9(10(7-8)16(20,21)22)12-24-13(26-25-12)11-14(15(11,18)19)3-5-23-6-4-14/h1-2,7,11,23H,3-6H2. The summed E-state index contributed by atoms with van der Waals surface area (Å²) in [5.41, 5.74) is -2.82. The third-order valence-electron chi connectivity index (χ3n) is 5.21. The lowest BCUT2D eigenvalue weighted by Crippen LogP contribution is -2.32. The van der Waals surface area contributed by atoms with Gasteiger partial charge in [-0.25, -0.2) is 18.2 Å². The average molecular weight is 393 g/mol. The lowest BCUT2D eigenvalue weighted by Gasteiger charge is -2.22. The fourth-order valence-electron chi connectivity index (χ4n) is 3.80. The molecule has 1 spiro atoms. The van der Waals surface area contributed by atoms with E-state index in [2.05, 4.69) is 14.7 Å². The number of rotatable bonds is 2. The van der Waals surface area contributed by atoms with Gasteiger partial charge in [0.1, 0.15) is 10.8 Å². The van der Waals surface area contributed by atoms with Gasteiger partial charge in [-0.05, 0) is 55.7 Å². The van der Waals surface area contributed by atoms with Crippen LogP contribution in [0.1, 0.15) is 29.3 Å². The van der Waals surface area contributed by atoms with E-state index in [9.17, 15) is 26.3 Å². The number of hydrogen-bond acceptors (Lipinski definition) is 4. The summed E-state index contributed by atoms with van der Waals surface area (Å²) in [4.78, 5) is 3.98. The van der Waals surface area contributed by atoms with Crippen molar-refractivity contribution in [3.8, 4) is 11.4 Å². The van der Waals surface area contributed by atoms with E-state index in [1.54, 1.807) is 0 Å². The molecule has 1 saturated carbocycles. The first-order valence-electron chi connectivity index (χ1n) is 7.96. The molecule has 1 unspecified atom stereocenters. The van der Waals surface area contributed by atoms with E-state index in [1.165, 1.54) is 0 Å². The second kappa shape index (κ2) is 5.66. The first-order chi connectivity index (χ1) is 12.2. The molecular formula is C16H13F6N3S. The Hall–Kier alpha value is -1.68. The highest BCUT2D eigenvalue weighted by Gasteiger charge is 2.81. The SMILES string of the molecule is Fc1ccc(-c2nsc(C3C(F)(F)C34CCNCC4)n2)c(C(F)(F)F)c1. The Morgan fingerprint density at radius 1 is 1.15 bits per heavy atom. The van der Waals surface area contributed by atoms with Gasteiger partial charge in [0, 0.05) is 5.56 Å². The van der Waals surface area contributed by atoms with E-state index in [1.807, 2.05) is 0 Å². The summed E-state index contributed by atoms with van der Waals surface area (Å²) in [6, 6.07) is 2.15. The van der Waals surface area contributed by atoms with E-state index >= 15 is 0 Å². The van der Waals surface area contributed by atoms with Crippen LogP contribution in [0.2, 0.25) is 0 Å². The summed E-state index contributed by atoms with van der Waals surface area (Å²) in [5, 5.41) is 3.06. The molecule has 1 saturated heterocycles. The third kappa shape index (κ3) is 2.53.